The average molecular weight is 400 g/mol. The number of halogens is 3. The average Bonchev–Trinajstić information content (AvgIpc) is 2.53. The van der Waals surface area contributed by atoms with Crippen LogP contribution in [0.3, 0.4) is 0 Å². The summed E-state index contributed by atoms with van der Waals surface area (Å²) >= 11 is 3.14. The van der Waals surface area contributed by atoms with E-state index in [1.54, 1.807) is 0 Å². The van der Waals surface area contributed by atoms with Gasteiger partial charge in [0.05, 0.1) is 5.69 Å². The molecule has 0 spiro atoms. The molecule has 8 heteroatoms. The normalized spacial score (nSPS) is 11.7. The fourth-order valence-electron chi connectivity index (χ4n) is 1.78. The van der Waals surface area contributed by atoms with Crippen LogP contribution in [0.5, 0.6) is 5.75 Å². The van der Waals surface area contributed by atoms with Gasteiger partial charge in [-0.15, -0.1) is 0 Å². The van der Waals surface area contributed by atoms with Crippen molar-refractivity contribution in [2.75, 3.05) is 5.32 Å². The number of rotatable bonds is 4. The van der Waals surface area contributed by atoms with Crippen LogP contribution in [0.25, 0.3) is 0 Å². The Morgan fingerprint density at radius 1 is 1.21 bits per heavy atom. The van der Waals surface area contributed by atoms with Gasteiger partial charge in [0.25, 0.3) is 5.91 Å². The molecule has 2 rings (SSSR count). The first-order chi connectivity index (χ1) is 11.3. The molecule has 1 unspecified atom stereocenters. The monoisotopic (exact) mass is 399 g/mol. The highest BCUT2D eigenvalue weighted by Gasteiger charge is 2.22. The van der Waals surface area contributed by atoms with E-state index in [4.69, 9.17) is 4.74 Å². The zero-order chi connectivity index (χ0) is 17.9. The van der Waals surface area contributed by atoms with Crippen LogP contribution < -0.4 is 5.32 Å². The molecule has 126 valence electrons. The molecule has 0 heterocycles. The number of anilines is 1. The molecular weight excluding hydrogens is 388 g/mol. The molecule has 24 heavy (non-hydrogen) atoms. The van der Waals surface area contributed by atoms with Crippen LogP contribution in [0.2, 0.25) is 0 Å². The fraction of sp³-hybridized carbons (Fsp3) is 0.125. The molecule has 0 aliphatic carbocycles. The minimum Gasteiger partial charge on any atom is -0.507 e. The number of esters is 1. The molecule has 0 saturated heterocycles. The van der Waals surface area contributed by atoms with E-state index < -0.39 is 29.6 Å². The van der Waals surface area contributed by atoms with E-state index >= 15 is 0 Å². The SMILES string of the molecule is CC(OC(=O)c1cc(Br)ccc1O)C(=O)Nc1cc(F)ccc1F. The molecule has 0 fully saturated rings. The molecule has 0 aliphatic rings. The third-order valence-electron chi connectivity index (χ3n) is 3.02. The Labute approximate surface area is 144 Å². The van der Waals surface area contributed by atoms with E-state index in [0.717, 1.165) is 18.2 Å². The number of benzene rings is 2. The first-order valence-corrected chi connectivity index (χ1v) is 7.52. The van der Waals surface area contributed by atoms with E-state index in [1.807, 2.05) is 0 Å². The van der Waals surface area contributed by atoms with E-state index in [0.29, 0.717) is 4.47 Å². The lowest BCUT2D eigenvalue weighted by Gasteiger charge is -2.14. The standard InChI is InChI=1S/C16H12BrF2NO4/c1-8(15(22)20-13-7-10(18)3-4-12(13)19)24-16(23)11-6-9(17)2-5-14(11)21/h2-8,21H,1H3,(H,20,22). The Morgan fingerprint density at radius 3 is 2.62 bits per heavy atom. The van der Waals surface area contributed by atoms with Gasteiger partial charge in [-0.2, -0.15) is 0 Å². The van der Waals surface area contributed by atoms with Crippen molar-refractivity contribution in [2.24, 2.45) is 0 Å². The lowest BCUT2D eigenvalue weighted by atomic mass is 10.2. The van der Waals surface area contributed by atoms with Crippen molar-refractivity contribution >= 4 is 33.5 Å². The lowest BCUT2D eigenvalue weighted by Crippen LogP contribution is -2.30. The van der Waals surface area contributed by atoms with Crippen LogP contribution in [-0.2, 0) is 9.53 Å². The summed E-state index contributed by atoms with van der Waals surface area (Å²) in [7, 11) is 0. The van der Waals surface area contributed by atoms with Gasteiger partial charge in [-0.3, -0.25) is 4.79 Å². The maximum Gasteiger partial charge on any atom is 0.342 e. The Kier molecular flexibility index (Phi) is 5.50. The highest BCUT2D eigenvalue weighted by molar-refractivity contribution is 9.10. The summed E-state index contributed by atoms with van der Waals surface area (Å²) < 4.78 is 32.0. The first kappa shape index (κ1) is 17.9. The van der Waals surface area contributed by atoms with Gasteiger partial charge >= 0.3 is 5.97 Å². The molecule has 2 aromatic carbocycles. The third-order valence-corrected chi connectivity index (χ3v) is 3.51. The van der Waals surface area contributed by atoms with Crippen LogP contribution in [-0.4, -0.2) is 23.1 Å². The Balaban J connectivity index is 2.07. The summed E-state index contributed by atoms with van der Waals surface area (Å²) in [5.74, 6) is -3.64. The molecule has 0 radical (unpaired) electrons. The largest absolute Gasteiger partial charge is 0.507 e. The number of carbonyl (C=O) groups is 2. The van der Waals surface area contributed by atoms with Crippen LogP contribution in [0.15, 0.2) is 40.9 Å². The van der Waals surface area contributed by atoms with Gasteiger partial charge in [0.1, 0.15) is 22.9 Å². The van der Waals surface area contributed by atoms with E-state index in [9.17, 15) is 23.5 Å². The van der Waals surface area contributed by atoms with Crippen molar-refractivity contribution in [2.45, 2.75) is 13.0 Å². The second-order valence-corrected chi connectivity index (χ2v) is 5.74. The van der Waals surface area contributed by atoms with Crippen LogP contribution in [0.4, 0.5) is 14.5 Å². The van der Waals surface area contributed by atoms with Gasteiger partial charge in [0, 0.05) is 10.5 Å². The highest BCUT2D eigenvalue weighted by Crippen LogP contribution is 2.23. The maximum atomic E-state index is 13.5. The first-order valence-electron chi connectivity index (χ1n) is 6.73. The second kappa shape index (κ2) is 7.39. The number of aromatic hydroxyl groups is 1. The van der Waals surface area contributed by atoms with Gasteiger partial charge in [-0.25, -0.2) is 13.6 Å². The zero-order valence-corrected chi connectivity index (χ0v) is 13.9. The smallest absolute Gasteiger partial charge is 0.342 e. The van der Waals surface area contributed by atoms with Crippen LogP contribution in [0, 0.1) is 11.6 Å². The molecule has 2 aromatic rings. The fourth-order valence-corrected chi connectivity index (χ4v) is 2.14. The van der Waals surface area contributed by atoms with Gasteiger partial charge in [-0.05, 0) is 37.3 Å². The number of phenols is 1. The van der Waals surface area contributed by atoms with Gasteiger partial charge in [0.2, 0.25) is 0 Å². The Hall–Kier alpha value is -2.48. The predicted molar refractivity (Wildman–Crippen MR) is 85.7 cm³/mol. The second-order valence-electron chi connectivity index (χ2n) is 4.82. The molecule has 0 aromatic heterocycles. The van der Waals surface area contributed by atoms with Crippen molar-refractivity contribution in [3.05, 3.63) is 58.1 Å². The zero-order valence-electron chi connectivity index (χ0n) is 12.3. The molecule has 0 aliphatic heterocycles. The van der Waals surface area contributed by atoms with Crippen molar-refractivity contribution in [3.63, 3.8) is 0 Å². The minimum atomic E-state index is -1.29. The minimum absolute atomic E-state index is 0.138. The topological polar surface area (TPSA) is 75.6 Å². The summed E-state index contributed by atoms with van der Waals surface area (Å²) in [4.78, 5) is 23.9. The number of phenolic OH excluding ortho intramolecular Hbond substituents is 1. The number of hydrogen-bond acceptors (Lipinski definition) is 4. The van der Waals surface area contributed by atoms with E-state index in [-0.39, 0.29) is 17.0 Å². The number of nitrogens with one attached hydrogen (secondary N) is 1. The highest BCUT2D eigenvalue weighted by atomic mass is 79.9. The molecule has 5 nitrogen and oxygen atoms in total. The summed E-state index contributed by atoms with van der Waals surface area (Å²) in [6.07, 6.45) is -1.29. The maximum absolute atomic E-state index is 13.5. The molecule has 0 bridgehead atoms. The number of carbonyl (C=O) groups excluding carboxylic acids is 2. The molecular formula is C16H12BrF2NO4. The predicted octanol–water partition coefficient (Wildman–Crippen LogP) is 3.62. The molecule has 1 amide bonds. The summed E-state index contributed by atoms with van der Waals surface area (Å²) in [5, 5.41) is 11.8. The van der Waals surface area contributed by atoms with Crippen molar-refractivity contribution in [1.29, 1.82) is 0 Å². The summed E-state index contributed by atoms with van der Waals surface area (Å²) in [6, 6.07) is 6.71. The lowest BCUT2D eigenvalue weighted by molar-refractivity contribution is -0.123. The van der Waals surface area contributed by atoms with E-state index in [1.165, 1.54) is 25.1 Å². The molecule has 0 saturated carbocycles. The van der Waals surface area contributed by atoms with Crippen molar-refractivity contribution in [1.82, 2.24) is 0 Å². The van der Waals surface area contributed by atoms with Gasteiger partial charge in [0.15, 0.2) is 6.10 Å². The van der Waals surface area contributed by atoms with Crippen LogP contribution in [0.1, 0.15) is 17.3 Å². The van der Waals surface area contributed by atoms with Crippen molar-refractivity contribution in [3.8, 4) is 5.75 Å². The molecule has 2 N–H and O–H groups in total. The quantitative estimate of drug-likeness (QED) is 0.769. The number of hydrogen-bond donors (Lipinski definition) is 2. The Bertz CT molecular complexity index is 798. The number of ether oxygens (including phenoxy) is 1. The Morgan fingerprint density at radius 2 is 1.92 bits per heavy atom. The summed E-state index contributed by atoms with van der Waals surface area (Å²) in [5.41, 5.74) is -0.505. The third kappa shape index (κ3) is 4.29. The van der Waals surface area contributed by atoms with Crippen LogP contribution >= 0.6 is 15.9 Å². The molecule has 1 atom stereocenters. The van der Waals surface area contributed by atoms with E-state index in [2.05, 4.69) is 21.2 Å². The van der Waals surface area contributed by atoms with Gasteiger partial charge in [-0.1, -0.05) is 15.9 Å². The number of amides is 1. The van der Waals surface area contributed by atoms with Crippen molar-refractivity contribution < 1.29 is 28.2 Å². The summed E-state index contributed by atoms with van der Waals surface area (Å²) in [6.45, 7) is 1.26. The van der Waals surface area contributed by atoms with Gasteiger partial charge < -0.3 is 15.2 Å².